The number of carbonyl (C=O) groups excluding carboxylic acids is 2. The average molecular weight is 638 g/mol. The summed E-state index contributed by atoms with van der Waals surface area (Å²) in [4.78, 5) is 79.1. The van der Waals surface area contributed by atoms with Gasteiger partial charge in [-0.3, -0.25) is 14.2 Å². The Hall–Kier alpha value is -3.07. The Morgan fingerprint density at radius 2 is 1.83 bits per heavy atom. The molecule has 4 atom stereocenters. The molecule has 1 aliphatic rings. The molecular weight excluding hydrogens is 617 g/mol. The van der Waals surface area contributed by atoms with Gasteiger partial charge in [0.2, 0.25) is 0 Å². The van der Waals surface area contributed by atoms with Crippen molar-refractivity contribution < 1.29 is 65.8 Å². The Labute approximate surface area is 229 Å². The third kappa shape index (κ3) is 10.1. The molecule has 1 aliphatic heterocycles. The summed E-state index contributed by atoms with van der Waals surface area (Å²) in [6.45, 7) is -0.108. The summed E-state index contributed by atoms with van der Waals surface area (Å²) in [6, 6.07) is 5.88. The van der Waals surface area contributed by atoms with Gasteiger partial charge in [0.25, 0.3) is 5.91 Å². The minimum Gasteiger partial charge on any atom is -0.382 e. The second-order valence-electron chi connectivity index (χ2n) is 7.81. The van der Waals surface area contributed by atoms with Gasteiger partial charge in [0.15, 0.2) is 6.29 Å². The number of phosphoric acid groups is 3. The number of nitrogens with zero attached hydrogens (tertiary/aromatic N) is 2. The maximum Gasteiger partial charge on any atom is 0.508 e. The van der Waals surface area contributed by atoms with E-state index in [0.717, 1.165) is 4.57 Å². The molecular formula is C19H21N4O15P3. The highest BCUT2D eigenvalue weighted by Gasteiger charge is 2.42. The van der Waals surface area contributed by atoms with Crippen LogP contribution in [0.3, 0.4) is 0 Å². The molecule has 0 aliphatic carbocycles. The van der Waals surface area contributed by atoms with Crippen LogP contribution in [0.2, 0.25) is 0 Å². The molecule has 2 aromatic rings. The molecule has 4 unspecified atom stereocenters. The lowest BCUT2D eigenvalue weighted by Crippen LogP contribution is -2.28. The zero-order chi connectivity index (χ0) is 30.4. The van der Waals surface area contributed by atoms with Crippen LogP contribution in [0.25, 0.3) is 0 Å². The number of nitrogen functional groups attached to an aromatic ring is 1. The van der Waals surface area contributed by atoms with Crippen molar-refractivity contribution in [2.75, 3.05) is 12.3 Å². The van der Waals surface area contributed by atoms with Crippen LogP contribution in [0.4, 0.5) is 5.82 Å². The third-order valence-electron chi connectivity index (χ3n) is 4.78. The largest absolute Gasteiger partial charge is 0.508 e. The second-order valence-corrected chi connectivity index (χ2v) is 12.1. The van der Waals surface area contributed by atoms with Gasteiger partial charge in [-0.2, -0.15) is 18.5 Å². The topological polar surface area (TPSA) is 285 Å². The summed E-state index contributed by atoms with van der Waals surface area (Å²) in [5, 5.41) is 2.55. The van der Waals surface area contributed by atoms with Crippen LogP contribution in [0.15, 0.2) is 35.3 Å². The molecule has 1 aromatic heterocycles. The lowest BCUT2D eigenvalue weighted by Gasteiger charge is -2.18. The number of nitrogens with two attached hydrogens (primary N) is 1. The molecule has 3 rings (SSSR count). The van der Waals surface area contributed by atoms with E-state index in [1.165, 1.54) is 30.5 Å². The van der Waals surface area contributed by atoms with Crippen molar-refractivity contribution in [1.29, 1.82) is 0 Å². The number of aromatic nitrogens is 2. The van der Waals surface area contributed by atoms with Gasteiger partial charge in [-0.05, 0) is 18.6 Å². The SMILES string of the molecule is Nc1nc(=O)n(C2CCC(OOP(=O)(O)OP(=O)(O)OP(=O)(O)O)O2)cc1C#CCNC(=O)c1ccc(C=O)cc1. The second kappa shape index (κ2) is 13.3. The fourth-order valence-electron chi connectivity index (χ4n) is 3.12. The summed E-state index contributed by atoms with van der Waals surface area (Å²) in [5.74, 6) is 4.63. The lowest BCUT2D eigenvalue weighted by molar-refractivity contribution is -0.326. The van der Waals surface area contributed by atoms with E-state index in [0.29, 0.717) is 17.4 Å². The van der Waals surface area contributed by atoms with E-state index in [4.69, 9.17) is 25.2 Å². The monoisotopic (exact) mass is 638 g/mol. The molecule has 1 fully saturated rings. The van der Waals surface area contributed by atoms with Crippen molar-refractivity contribution in [3.63, 3.8) is 0 Å². The molecule has 0 spiro atoms. The molecule has 0 bridgehead atoms. The van der Waals surface area contributed by atoms with Crippen molar-refractivity contribution >= 4 is 41.5 Å². The van der Waals surface area contributed by atoms with Crippen LogP contribution in [0, 0.1) is 11.8 Å². The van der Waals surface area contributed by atoms with Gasteiger partial charge >= 0.3 is 29.2 Å². The molecule has 1 saturated heterocycles. The number of amides is 1. The first-order chi connectivity index (χ1) is 19.1. The van der Waals surface area contributed by atoms with Crippen LogP contribution >= 0.6 is 23.5 Å². The van der Waals surface area contributed by atoms with Crippen molar-refractivity contribution in [1.82, 2.24) is 14.9 Å². The maximum atomic E-state index is 12.3. The molecule has 222 valence electrons. The summed E-state index contributed by atoms with van der Waals surface area (Å²) >= 11 is 0. The Morgan fingerprint density at radius 3 is 2.46 bits per heavy atom. The van der Waals surface area contributed by atoms with Gasteiger partial charge in [-0.25, -0.2) is 18.5 Å². The van der Waals surface area contributed by atoms with Gasteiger partial charge in [-0.15, -0.1) is 4.67 Å². The standard InChI is InChI=1S/C19H21N4O15P3/c20-17-14(2-1-9-21-18(25)13-5-3-12(11-24)4-6-13)10-23(19(26)22-17)15-7-8-16(34-15)35-36-40(30,31)38-41(32,33)37-39(27,28)29/h3-6,10-11,15-16H,7-9H2,(H,21,25)(H,30,31)(H,32,33)(H2,20,22,26)(H2,27,28,29). The van der Waals surface area contributed by atoms with Crippen molar-refractivity contribution in [3.05, 3.63) is 57.6 Å². The molecule has 0 radical (unpaired) electrons. The minimum absolute atomic E-state index is 0.0435. The first kappa shape index (κ1) is 32.4. The highest BCUT2D eigenvalue weighted by molar-refractivity contribution is 7.66. The summed E-state index contributed by atoms with van der Waals surface area (Å²) in [7, 11) is -16.9. The van der Waals surface area contributed by atoms with E-state index in [2.05, 4.69) is 40.3 Å². The van der Waals surface area contributed by atoms with Crippen LogP contribution in [-0.2, 0) is 36.6 Å². The quantitative estimate of drug-likeness (QED) is 0.0635. The maximum absolute atomic E-state index is 12.3. The third-order valence-corrected chi connectivity index (χ3v) is 8.38. The molecule has 22 heteroatoms. The summed E-state index contributed by atoms with van der Waals surface area (Å²) in [6.07, 6.45) is -0.591. The van der Waals surface area contributed by atoms with Crippen LogP contribution in [-0.4, -0.2) is 54.2 Å². The average Bonchev–Trinajstić information content (AvgIpc) is 3.33. The van der Waals surface area contributed by atoms with Gasteiger partial charge < -0.3 is 35.4 Å². The normalized spacial score (nSPS) is 19.8. The molecule has 0 saturated carbocycles. The molecule has 1 aromatic carbocycles. The number of carbonyl (C=O) groups is 2. The lowest BCUT2D eigenvalue weighted by atomic mass is 10.1. The minimum atomic E-state index is -5.75. The highest BCUT2D eigenvalue weighted by atomic mass is 31.3. The zero-order valence-electron chi connectivity index (χ0n) is 20.3. The van der Waals surface area contributed by atoms with E-state index < -0.39 is 47.6 Å². The number of hydrogen-bond donors (Lipinski definition) is 6. The first-order valence-corrected chi connectivity index (χ1v) is 15.4. The fourth-order valence-corrected chi connectivity index (χ4v) is 5.94. The van der Waals surface area contributed by atoms with Crippen LogP contribution < -0.4 is 16.7 Å². The van der Waals surface area contributed by atoms with Crippen molar-refractivity contribution in [2.45, 2.75) is 25.4 Å². The number of rotatable bonds is 11. The molecule has 2 heterocycles. The Balaban J connectivity index is 1.58. The first-order valence-electron chi connectivity index (χ1n) is 10.9. The molecule has 19 nitrogen and oxygen atoms in total. The van der Waals surface area contributed by atoms with Crippen molar-refractivity contribution in [3.8, 4) is 11.8 Å². The Kier molecular flexibility index (Phi) is 10.5. The fraction of sp³-hybridized carbons (Fsp3) is 0.263. The van der Waals surface area contributed by atoms with E-state index in [9.17, 15) is 33.0 Å². The van der Waals surface area contributed by atoms with E-state index in [1.54, 1.807) is 0 Å². The summed E-state index contributed by atoms with van der Waals surface area (Å²) < 4.78 is 51.3. The van der Waals surface area contributed by atoms with E-state index in [1.807, 2.05) is 0 Å². The van der Waals surface area contributed by atoms with E-state index >= 15 is 0 Å². The zero-order valence-corrected chi connectivity index (χ0v) is 23.0. The number of aldehydes is 1. The van der Waals surface area contributed by atoms with E-state index in [-0.39, 0.29) is 30.8 Å². The van der Waals surface area contributed by atoms with Crippen molar-refractivity contribution in [2.24, 2.45) is 0 Å². The highest BCUT2D eigenvalue weighted by Crippen LogP contribution is 2.66. The number of anilines is 1. The van der Waals surface area contributed by atoms with Crippen LogP contribution in [0.5, 0.6) is 0 Å². The van der Waals surface area contributed by atoms with Gasteiger partial charge in [-0.1, -0.05) is 24.0 Å². The Bertz CT molecular complexity index is 1560. The molecule has 41 heavy (non-hydrogen) atoms. The predicted octanol–water partition coefficient (Wildman–Crippen LogP) is 0.329. The van der Waals surface area contributed by atoms with Crippen LogP contribution in [0.1, 0.15) is 45.3 Å². The number of nitrogens with one attached hydrogen (secondary N) is 1. The number of hydrogen-bond acceptors (Lipinski definition) is 13. The summed E-state index contributed by atoms with van der Waals surface area (Å²) in [5.41, 5.74) is 5.71. The van der Waals surface area contributed by atoms with Gasteiger partial charge in [0.05, 0.1) is 12.1 Å². The smallest absolute Gasteiger partial charge is 0.382 e. The number of ether oxygens (including phenoxy) is 1. The Morgan fingerprint density at radius 1 is 1.15 bits per heavy atom. The van der Waals surface area contributed by atoms with Gasteiger partial charge in [0.1, 0.15) is 18.3 Å². The molecule has 1 amide bonds. The number of benzene rings is 1. The molecule has 7 N–H and O–H groups in total. The van der Waals surface area contributed by atoms with Gasteiger partial charge in [0, 0.05) is 23.7 Å². The predicted molar refractivity (Wildman–Crippen MR) is 133 cm³/mol.